The van der Waals surface area contributed by atoms with Crippen molar-refractivity contribution in [2.45, 2.75) is 57.5 Å². The van der Waals surface area contributed by atoms with E-state index in [2.05, 4.69) is 12.6 Å². The Morgan fingerprint density at radius 2 is 1.25 bits per heavy atom. The maximum atomic E-state index is 11.4. The molecule has 0 aromatic heterocycles. The van der Waals surface area contributed by atoms with Crippen LogP contribution in [0.15, 0.2) is 0 Å². The maximum absolute atomic E-state index is 11.4. The minimum absolute atomic E-state index is 0.255. The molecule has 1 aliphatic heterocycles. The van der Waals surface area contributed by atoms with Crippen molar-refractivity contribution in [3.05, 3.63) is 0 Å². The zero-order valence-corrected chi connectivity index (χ0v) is 14.6. The highest BCUT2D eigenvalue weighted by molar-refractivity contribution is 7.80. The lowest BCUT2D eigenvalue weighted by atomic mass is 9.99. The van der Waals surface area contributed by atoms with Gasteiger partial charge in [0.05, 0.1) is 0 Å². The molecule has 0 aromatic carbocycles. The van der Waals surface area contributed by atoms with Crippen molar-refractivity contribution < 1.29 is 42.9 Å². The molecule has 9 nitrogen and oxygen atoms in total. The molecule has 0 aliphatic carbocycles. The fourth-order valence-electron chi connectivity index (χ4n) is 2.21. The van der Waals surface area contributed by atoms with Crippen molar-refractivity contribution in [1.29, 1.82) is 0 Å². The standard InChI is InChI=1S/C14H20O9S/c1-6(15)19-5-10-11(20-7(2)16)12(21-8(3)17)13(14(24)23-10)22-9(4)18/h10-14,24H,5H2,1-4H3/t10?,11-,12?,13?,14+/m1/s1. The second-order valence-electron chi connectivity index (χ2n) is 5.09. The van der Waals surface area contributed by atoms with Crippen LogP contribution in [-0.2, 0) is 42.9 Å². The van der Waals surface area contributed by atoms with E-state index in [4.69, 9.17) is 23.7 Å². The summed E-state index contributed by atoms with van der Waals surface area (Å²) < 4.78 is 25.8. The molecule has 1 rings (SSSR count). The number of thiol groups is 1. The van der Waals surface area contributed by atoms with E-state index in [-0.39, 0.29) is 6.61 Å². The van der Waals surface area contributed by atoms with E-state index < -0.39 is 53.7 Å². The Morgan fingerprint density at radius 3 is 1.71 bits per heavy atom. The molecule has 0 saturated carbocycles. The zero-order valence-electron chi connectivity index (χ0n) is 13.7. The highest BCUT2D eigenvalue weighted by Gasteiger charge is 2.51. The molecule has 5 atom stereocenters. The molecule has 0 spiro atoms. The third-order valence-corrected chi connectivity index (χ3v) is 3.38. The van der Waals surface area contributed by atoms with E-state index in [9.17, 15) is 19.2 Å². The average Bonchev–Trinajstić information content (AvgIpc) is 2.42. The summed E-state index contributed by atoms with van der Waals surface area (Å²) in [6, 6.07) is 0. The molecule has 10 heteroatoms. The first-order valence-corrected chi connectivity index (χ1v) is 7.62. The van der Waals surface area contributed by atoms with E-state index in [0.29, 0.717) is 0 Å². The van der Waals surface area contributed by atoms with Crippen LogP contribution in [0.4, 0.5) is 0 Å². The number of carbonyl (C=O) groups is 4. The third-order valence-electron chi connectivity index (χ3n) is 2.97. The van der Waals surface area contributed by atoms with Gasteiger partial charge in [-0.05, 0) is 0 Å². The number of esters is 4. The van der Waals surface area contributed by atoms with E-state index in [1.54, 1.807) is 0 Å². The van der Waals surface area contributed by atoms with Gasteiger partial charge in [0.15, 0.2) is 18.3 Å². The quantitative estimate of drug-likeness (QED) is 0.409. The molecule has 3 unspecified atom stereocenters. The number of rotatable bonds is 5. The summed E-state index contributed by atoms with van der Waals surface area (Å²) in [5, 5.41) is 0. The lowest BCUT2D eigenvalue weighted by molar-refractivity contribution is -0.237. The first kappa shape index (κ1) is 20.2. The van der Waals surface area contributed by atoms with Gasteiger partial charge in [0, 0.05) is 27.7 Å². The zero-order chi connectivity index (χ0) is 18.4. The lowest BCUT2D eigenvalue weighted by Crippen LogP contribution is -2.61. The highest BCUT2D eigenvalue weighted by Crippen LogP contribution is 2.30. The Balaban J connectivity index is 3.11. The van der Waals surface area contributed by atoms with Gasteiger partial charge in [0.2, 0.25) is 0 Å². The van der Waals surface area contributed by atoms with E-state index in [1.165, 1.54) is 6.92 Å². The molecule has 0 N–H and O–H groups in total. The van der Waals surface area contributed by atoms with Crippen LogP contribution in [0.2, 0.25) is 0 Å². The molecule has 136 valence electrons. The monoisotopic (exact) mass is 364 g/mol. The summed E-state index contributed by atoms with van der Waals surface area (Å²) >= 11 is 4.18. The molecule has 0 aromatic rings. The summed E-state index contributed by atoms with van der Waals surface area (Å²) in [4.78, 5) is 45.1. The Morgan fingerprint density at radius 1 is 0.792 bits per heavy atom. The van der Waals surface area contributed by atoms with Gasteiger partial charge in [-0.2, -0.15) is 0 Å². The predicted octanol–water partition coefficient (Wildman–Crippen LogP) is -0.000700. The summed E-state index contributed by atoms with van der Waals surface area (Å²) in [6.07, 6.45) is -4.35. The first-order valence-electron chi connectivity index (χ1n) is 7.10. The van der Waals surface area contributed by atoms with Crippen molar-refractivity contribution in [3.63, 3.8) is 0 Å². The summed E-state index contributed by atoms with van der Waals surface area (Å²) in [5.74, 6) is -2.57. The first-order chi connectivity index (χ1) is 11.1. The second-order valence-corrected chi connectivity index (χ2v) is 5.60. The second kappa shape index (κ2) is 8.88. The summed E-state index contributed by atoms with van der Waals surface area (Å²) in [5.41, 5.74) is -0.981. The third kappa shape index (κ3) is 6.00. The van der Waals surface area contributed by atoms with Gasteiger partial charge in [0.1, 0.15) is 18.1 Å². The van der Waals surface area contributed by atoms with Crippen molar-refractivity contribution >= 4 is 36.5 Å². The smallest absolute Gasteiger partial charge is 0.303 e. The van der Waals surface area contributed by atoms with Gasteiger partial charge in [-0.15, -0.1) is 12.6 Å². The van der Waals surface area contributed by atoms with Gasteiger partial charge in [0.25, 0.3) is 0 Å². The van der Waals surface area contributed by atoms with Crippen LogP contribution in [0.25, 0.3) is 0 Å². The largest absolute Gasteiger partial charge is 0.463 e. The molecular weight excluding hydrogens is 344 g/mol. The van der Waals surface area contributed by atoms with Crippen LogP contribution in [0.3, 0.4) is 0 Å². The van der Waals surface area contributed by atoms with Crippen LogP contribution >= 0.6 is 12.6 Å². The van der Waals surface area contributed by atoms with E-state index in [1.807, 2.05) is 0 Å². The van der Waals surface area contributed by atoms with Gasteiger partial charge in [-0.1, -0.05) is 0 Å². The minimum atomic E-state index is -1.16. The van der Waals surface area contributed by atoms with Crippen molar-refractivity contribution in [3.8, 4) is 0 Å². The molecule has 24 heavy (non-hydrogen) atoms. The van der Waals surface area contributed by atoms with Gasteiger partial charge in [-0.3, -0.25) is 19.2 Å². The van der Waals surface area contributed by atoms with E-state index in [0.717, 1.165) is 20.8 Å². The Labute approximate surface area is 144 Å². The van der Waals surface area contributed by atoms with Crippen LogP contribution in [0, 0.1) is 0 Å². The number of hydrogen-bond donors (Lipinski definition) is 1. The molecule has 1 fully saturated rings. The van der Waals surface area contributed by atoms with Crippen LogP contribution in [0.5, 0.6) is 0 Å². The molecule has 0 amide bonds. The fourth-order valence-corrected chi connectivity index (χ4v) is 2.59. The molecule has 0 bridgehead atoms. The van der Waals surface area contributed by atoms with Gasteiger partial charge < -0.3 is 23.7 Å². The Kier molecular flexibility index (Phi) is 7.49. The average molecular weight is 364 g/mol. The van der Waals surface area contributed by atoms with Crippen molar-refractivity contribution in [2.24, 2.45) is 0 Å². The number of carbonyl (C=O) groups excluding carboxylic acids is 4. The molecule has 1 saturated heterocycles. The Hall–Kier alpha value is -1.81. The SMILES string of the molecule is CC(=O)OCC1O[C@@H](S)C(OC(C)=O)C(OC(C)=O)[C@@H]1OC(C)=O. The normalized spacial score (nSPS) is 29.3. The van der Waals surface area contributed by atoms with Crippen LogP contribution < -0.4 is 0 Å². The minimum Gasteiger partial charge on any atom is -0.463 e. The lowest BCUT2D eigenvalue weighted by Gasteiger charge is -2.42. The molecule has 1 aliphatic rings. The summed E-state index contributed by atoms with van der Waals surface area (Å²) in [7, 11) is 0. The molecule has 0 radical (unpaired) electrons. The topological polar surface area (TPSA) is 114 Å². The van der Waals surface area contributed by atoms with Crippen molar-refractivity contribution in [1.82, 2.24) is 0 Å². The number of hydrogen-bond acceptors (Lipinski definition) is 10. The van der Waals surface area contributed by atoms with Crippen molar-refractivity contribution in [2.75, 3.05) is 6.61 Å². The maximum Gasteiger partial charge on any atom is 0.303 e. The molecular formula is C14H20O9S. The van der Waals surface area contributed by atoms with Crippen LogP contribution in [-0.4, -0.2) is 60.3 Å². The molecule has 1 heterocycles. The fraction of sp³-hybridized carbons (Fsp3) is 0.714. The predicted molar refractivity (Wildman–Crippen MR) is 80.9 cm³/mol. The van der Waals surface area contributed by atoms with E-state index >= 15 is 0 Å². The number of ether oxygens (including phenoxy) is 5. The van der Waals surface area contributed by atoms with Gasteiger partial charge >= 0.3 is 23.9 Å². The van der Waals surface area contributed by atoms with Gasteiger partial charge in [-0.25, -0.2) is 0 Å². The van der Waals surface area contributed by atoms with Crippen LogP contribution in [0.1, 0.15) is 27.7 Å². The summed E-state index contributed by atoms with van der Waals surface area (Å²) in [6.45, 7) is 4.42. The highest BCUT2D eigenvalue weighted by atomic mass is 32.1. The Bertz CT molecular complexity index is 506.